The molecular weight excluding hydrogens is 200 g/mol. The zero-order chi connectivity index (χ0) is 11.0. The molecule has 16 heavy (non-hydrogen) atoms. The van der Waals surface area contributed by atoms with Crippen LogP contribution < -0.4 is 5.32 Å². The molecule has 3 heteroatoms. The molecular formula is C13H20N2O. The summed E-state index contributed by atoms with van der Waals surface area (Å²) in [5.74, 6) is 1.21. The Labute approximate surface area is 96.8 Å². The Morgan fingerprint density at radius 1 is 1.56 bits per heavy atom. The Kier molecular flexibility index (Phi) is 2.52. The van der Waals surface area contributed by atoms with Crippen LogP contribution in [0.1, 0.15) is 31.1 Å². The van der Waals surface area contributed by atoms with Crippen molar-refractivity contribution >= 4 is 0 Å². The number of likely N-dealkylation sites (tertiary alicyclic amines) is 1. The third kappa shape index (κ3) is 1.50. The lowest BCUT2D eigenvalue weighted by Gasteiger charge is -2.33. The van der Waals surface area contributed by atoms with Gasteiger partial charge in [-0.25, -0.2) is 0 Å². The first-order chi connectivity index (χ1) is 7.84. The van der Waals surface area contributed by atoms with E-state index in [2.05, 4.69) is 23.2 Å². The zero-order valence-electron chi connectivity index (χ0n) is 9.96. The van der Waals surface area contributed by atoms with E-state index in [1.165, 1.54) is 37.3 Å². The molecule has 2 aliphatic rings. The normalized spacial score (nSPS) is 29.8. The minimum Gasteiger partial charge on any atom is -0.467 e. The standard InChI is InChI=1S/C13H20N2O/c1-2-7-15-8-5-13(10-15)12-11(3-6-14-13)4-9-16-12/h4,9,14H,2-3,5-8,10H2,1H3. The molecule has 1 fully saturated rings. The number of nitrogens with one attached hydrogen (secondary N) is 1. The molecule has 0 aliphatic carbocycles. The molecule has 0 amide bonds. The predicted molar refractivity (Wildman–Crippen MR) is 63.4 cm³/mol. The summed E-state index contributed by atoms with van der Waals surface area (Å²) in [7, 11) is 0. The van der Waals surface area contributed by atoms with Crippen LogP contribution in [-0.4, -0.2) is 31.1 Å². The average molecular weight is 220 g/mol. The van der Waals surface area contributed by atoms with Crippen LogP contribution in [0.3, 0.4) is 0 Å². The molecule has 1 spiro atoms. The first kappa shape index (κ1) is 10.4. The molecule has 1 N–H and O–H groups in total. The smallest absolute Gasteiger partial charge is 0.128 e. The van der Waals surface area contributed by atoms with Gasteiger partial charge in [-0.15, -0.1) is 0 Å². The number of hydrogen-bond donors (Lipinski definition) is 1. The number of hydrogen-bond acceptors (Lipinski definition) is 3. The van der Waals surface area contributed by atoms with Crippen molar-refractivity contribution in [1.82, 2.24) is 10.2 Å². The molecule has 2 aliphatic heterocycles. The zero-order valence-corrected chi connectivity index (χ0v) is 9.96. The van der Waals surface area contributed by atoms with Gasteiger partial charge >= 0.3 is 0 Å². The summed E-state index contributed by atoms with van der Waals surface area (Å²) in [6, 6.07) is 2.14. The van der Waals surface area contributed by atoms with Crippen molar-refractivity contribution in [3.8, 4) is 0 Å². The van der Waals surface area contributed by atoms with Crippen molar-refractivity contribution in [2.45, 2.75) is 31.7 Å². The van der Waals surface area contributed by atoms with Crippen LogP contribution in [0.25, 0.3) is 0 Å². The highest BCUT2D eigenvalue weighted by molar-refractivity contribution is 5.29. The Bertz CT molecular complexity index is 374. The van der Waals surface area contributed by atoms with Crippen molar-refractivity contribution in [2.24, 2.45) is 0 Å². The average Bonchev–Trinajstić information content (AvgIpc) is 2.88. The highest BCUT2D eigenvalue weighted by Gasteiger charge is 2.44. The van der Waals surface area contributed by atoms with Crippen LogP contribution in [0.4, 0.5) is 0 Å². The van der Waals surface area contributed by atoms with E-state index >= 15 is 0 Å². The van der Waals surface area contributed by atoms with Gasteiger partial charge in [0, 0.05) is 19.6 Å². The molecule has 1 aromatic rings. The molecule has 1 aromatic heterocycles. The fraction of sp³-hybridized carbons (Fsp3) is 0.692. The van der Waals surface area contributed by atoms with Crippen molar-refractivity contribution in [3.63, 3.8) is 0 Å². The SMILES string of the molecule is CCCN1CCC2(C1)NCCc1ccoc12. The summed E-state index contributed by atoms with van der Waals surface area (Å²) in [5.41, 5.74) is 1.53. The van der Waals surface area contributed by atoms with E-state index < -0.39 is 0 Å². The summed E-state index contributed by atoms with van der Waals surface area (Å²) >= 11 is 0. The Morgan fingerprint density at radius 2 is 2.50 bits per heavy atom. The summed E-state index contributed by atoms with van der Waals surface area (Å²) in [5, 5.41) is 3.69. The minimum absolute atomic E-state index is 0.117. The maximum absolute atomic E-state index is 5.73. The third-order valence-corrected chi connectivity index (χ3v) is 3.93. The summed E-state index contributed by atoms with van der Waals surface area (Å²) < 4.78 is 5.73. The first-order valence-electron chi connectivity index (χ1n) is 6.38. The second-order valence-corrected chi connectivity index (χ2v) is 5.06. The molecule has 88 valence electrons. The molecule has 0 radical (unpaired) electrons. The largest absolute Gasteiger partial charge is 0.467 e. The van der Waals surface area contributed by atoms with Crippen molar-refractivity contribution in [1.29, 1.82) is 0 Å². The maximum atomic E-state index is 5.73. The fourth-order valence-electron chi connectivity index (χ4n) is 3.19. The number of rotatable bonds is 2. The van der Waals surface area contributed by atoms with Gasteiger partial charge in [-0.05, 0) is 37.4 Å². The Balaban J connectivity index is 1.86. The van der Waals surface area contributed by atoms with E-state index in [1.807, 2.05) is 6.26 Å². The van der Waals surface area contributed by atoms with Crippen LogP contribution in [0, 0.1) is 0 Å². The van der Waals surface area contributed by atoms with Gasteiger partial charge in [0.15, 0.2) is 0 Å². The van der Waals surface area contributed by atoms with Crippen molar-refractivity contribution < 1.29 is 4.42 Å². The van der Waals surface area contributed by atoms with Crippen LogP contribution in [0.15, 0.2) is 16.7 Å². The lowest BCUT2D eigenvalue weighted by Crippen LogP contribution is -2.48. The number of nitrogens with zero attached hydrogens (tertiary/aromatic N) is 1. The molecule has 3 nitrogen and oxygen atoms in total. The van der Waals surface area contributed by atoms with E-state index in [9.17, 15) is 0 Å². The number of fused-ring (bicyclic) bond motifs is 2. The molecule has 3 rings (SSSR count). The Morgan fingerprint density at radius 3 is 3.38 bits per heavy atom. The summed E-state index contributed by atoms with van der Waals surface area (Å²) in [4.78, 5) is 2.55. The quantitative estimate of drug-likeness (QED) is 0.823. The van der Waals surface area contributed by atoms with E-state index in [-0.39, 0.29) is 5.54 Å². The van der Waals surface area contributed by atoms with Gasteiger partial charge in [-0.2, -0.15) is 0 Å². The van der Waals surface area contributed by atoms with Gasteiger partial charge < -0.3 is 14.6 Å². The molecule has 1 saturated heterocycles. The van der Waals surface area contributed by atoms with Gasteiger partial charge in [-0.3, -0.25) is 0 Å². The molecule has 0 aromatic carbocycles. The van der Waals surface area contributed by atoms with E-state index in [4.69, 9.17) is 4.42 Å². The van der Waals surface area contributed by atoms with E-state index in [0.717, 1.165) is 19.5 Å². The highest BCUT2D eigenvalue weighted by Crippen LogP contribution is 2.37. The van der Waals surface area contributed by atoms with Crippen LogP contribution in [-0.2, 0) is 12.0 Å². The lowest BCUT2D eigenvalue weighted by molar-refractivity contribution is 0.237. The van der Waals surface area contributed by atoms with Gasteiger partial charge in [0.2, 0.25) is 0 Å². The van der Waals surface area contributed by atoms with Crippen LogP contribution in [0.5, 0.6) is 0 Å². The summed E-state index contributed by atoms with van der Waals surface area (Å²) in [6.45, 7) is 6.85. The fourth-order valence-corrected chi connectivity index (χ4v) is 3.19. The first-order valence-corrected chi connectivity index (χ1v) is 6.38. The van der Waals surface area contributed by atoms with Crippen molar-refractivity contribution in [2.75, 3.05) is 26.2 Å². The molecule has 1 unspecified atom stereocenters. The Hall–Kier alpha value is -0.800. The number of furan rings is 1. The molecule has 0 bridgehead atoms. The van der Waals surface area contributed by atoms with Gasteiger partial charge in [0.25, 0.3) is 0 Å². The maximum Gasteiger partial charge on any atom is 0.128 e. The molecule has 0 saturated carbocycles. The summed E-state index contributed by atoms with van der Waals surface area (Å²) in [6.07, 6.45) is 5.39. The predicted octanol–water partition coefficient (Wildman–Crippen LogP) is 1.74. The van der Waals surface area contributed by atoms with Crippen molar-refractivity contribution in [3.05, 3.63) is 23.7 Å². The van der Waals surface area contributed by atoms with Crippen LogP contribution >= 0.6 is 0 Å². The van der Waals surface area contributed by atoms with E-state index in [0.29, 0.717) is 0 Å². The monoisotopic (exact) mass is 220 g/mol. The van der Waals surface area contributed by atoms with Crippen LogP contribution in [0.2, 0.25) is 0 Å². The highest BCUT2D eigenvalue weighted by atomic mass is 16.3. The second kappa shape index (κ2) is 3.90. The second-order valence-electron chi connectivity index (χ2n) is 5.06. The topological polar surface area (TPSA) is 28.4 Å². The van der Waals surface area contributed by atoms with Gasteiger partial charge in [0.1, 0.15) is 5.76 Å². The minimum atomic E-state index is 0.117. The van der Waals surface area contributed by atoms with E-state index in [1.54, 1.807) is 0 Å². The molecule has 1 atom stereocenters. The van der Waals surface area contributed by atoms with Gasteiger partial charge in [-0.1, -0.05) is 6.92 Å². The third-order valence-electron chi connectivity index (χ3n) is 3.93. The van der Waals surface area contributed by atoms with Gasteiger partial charge in [0.05, 0.1) is 11.8 Å². The molecule has 3 heterocycles. The lowest BCUT2D eigenvalue weighted by atomic mass is 9.88.